The van der Waals surface area contributed by atoms with Crippen molar-refractivity contribution in [3.63, 3.8) is 0 Å². The van der Waals surface area contributed by atoms with Crippen LogP contribution < -0.4 is 0 Å². The molecule has 7 atom stereocenters. The monoisotopic (exact) mass is 372 g/mol. The molecule has 1 aliphatic heterocycles. The van der Waals surface area contributed by atoms with Crippen molar-refractivity contribution in [3.05, 3.63) is 11.6 Å². The third-order valence-electron chi connectivity index (χ3n) is 5.59. The van der Waals surface area contributed by atoms with Gasteiger partial charge in [0.05, 0.1) is 12.7 Å². The lowest BCUT2D eigenvalue weighted by atomic mass is 9.66. The van der Waals surface area contributed by atoms with Crippen LogP contribution in [0, 0.1) is 11.3 Å². The van der Waals surface area contributed by atoms with E-state index in [1.165, 1.54) is 0 Å². The lowest BCUT2D eigenvalue weighted by Gasteiger charge is -2.41. The lowest BCUT2D eigenvalue weighted by Crippen LogP contribution is -2.59. The highest BCUT2D eigenvalue weighted by atomic mass is 16.7. The van der Waals surface area contributed by atoms with Gasteiger partial charge in [-0.1, -0.05) is 19.4 Å². The van der Waals surface area contributed by atoms with Gasteiger partial charge < -0.3 is 29.9 Å². The van der Waals surface area contributed by atoms with Gasteiger partial charge in [-0.05, 0) is 44.1 Å². The highest BCUT2D eigenvalue weighted by molar-refractivity contribution is 5.91. The van der Waals surface area contributed by atoms with E-state index >= 15 is 0 Å². The van der Waals surface area contributed by atoms with Crippen molar-refractivity contribution in [2.75, 3.05) is 6.61 Å². The number of allylic oxidation sites excluding steroid dienone is 2. The summed E-state index contributed by atoms with van der Waals surface area (Å²) < 4.78 is 11.1. The molecule has 4 N–H and O–H groups in total. The molecule has 2 rings (SSSR count). The quantitative estimate of drug-likeness (QED) is 0.537. The van der Waals surface area contributed by atoms with E-state index in [9.17, 15) is 25.2 Å². The molecule has 0 aromatic carbocycles. The molecule has 1 saturated heterocycles. The molecular weight excluding hydrogens is 340 g/mol. The molecule has 0 radical (unpaired) electrons. The second kappa shape index (κ2) is 8.46. The van der Waals surface area contributed by atoms with E-state index in [4.69, 9.17) is 9.47 Å². The third-order valence-corrected chi connectivity index (χ3v) is 5.59. The first-order valence-electron chi connectivity index (χ1n) is 9.23. The zero-order chi connectivity index (χ0) is 19.6. The van der Waals surface area contributed by atoms with Crippen molar-refractivity contribution in [3.8, 4) is 0 Å². The van der Waals surface area contributed by atoms with Crippen LogP contribution in [0.2, 0.25) is 0 Å². The summed E-state index contributed by atoms with van der Waals surface area (Å²) in [6.45, 7) is 7.53. The Balaban J connectivity index is 1.93. The van der Waals surface area contributed by atoms with Crippen LogP contribution in [0.1, 0.15) is 47.0 Å². The highest BCUT2D eigenvalue weighted by Gasteiger charge is 2.44. The molecule has 0 amide bonds. The Morgan fingerprint density at radius 1 is 1.27 bits per heavy atom. The Kier molecular flexibility index (Phi) is 6.98. The summed E-state index contributed by atoms with van der Waals surface area (Å²) in [7, 11) is 0. The summed E-state index contributed by atoms with van der Waals surface area (Å²) >= 11 is 0. The molecule has 150 valence electrons. The normalized spacial score (nSPS) is 38.8. The number of carbonyl (C=O) groups is 1. The van der Waals surface area contributed by atoms with Crippen LogP contribution >= 0.6 is 0 Å². The summed E-state index contributed by atoms with van der Waals surface area (Å²) in [5.74, 6) is 0.426. The fourth-order valence-corrected chi connectivity index (χ4v) is 4.09. The van der Waals surface area contributed by atoms with Gasteiger partial charge in [0.2, 0.25) is 0 Å². The molecule has 7 nitrogen and oxygen atoms in total. The number of rotatable bonds is 6. The lowest BCUT2D eigenvalue weighted by molar-refractivity contribution is -0.310. The SMILES string of the molecule is CC1=CC(=O)CC(C)(C)C1CCC(C)OC1O[C@H](CO)[C@@H](O)[C@H](O)[C@H]1O. The molecular formula is C19H32O7. The van der Waals surface area contributed by atoms with Crippen LogP contribution in [-0.4, -0.2) is 69.6 Å². The van der Waals surface area contributed by atoms with Gasteiger partial charge >= 0.3 is 0 Å². The summed E-state index contributed by atoms with van der Waals surface area (Å²) in [5.41, 5.74) is 0.963. The summed E-state index contributed by atoms with van der Waals surface area (Å²) in [5, 5.41) is 38.9. The van der Waals surface area contributed by atoms with Crippen LogP contribution in [0.25, 0.3) is 0 Å². The molecule has 0 aromatic rings. The van der Waals surface area contributed by atoms with Gasteiger partial charge in [0.25, 0.3) is 0 Å². The first kappa shape index (κ1) is 21.5. The van der Waals surface area contributed by atoms with E-state index in [-0.39, 0.29) is 23.2 Å². The van der Waals surface area contributed by atoms with E-state index in [0.29, 0.717) is 12.8 Å². The number of aliphatic hydroxyl groups is 4. The Labute approximate surface area is 154 Å². The van der Waals surface area contributed by atoms with Gasteiger partial charge in [0.15, 0.2) is 12.1 Å². The van der Waals surface area contributed by atoms with Crippen LogP contribution in [0.15, 0.2) is 11.6 Å². The number of ketones is 1. The molecule has 1 heterocycles. The van der Waals surface area contributed by atoms with Crippen LogP contribution in [0.5, 0.6) is 0 Å². The zero-order valence-electron chi connectivity index (χ0n) is 16.0. The Morgan fingerprint density at radius 2 is 1.92 bits per heavy atom. The van der Waals surface area contributed by atoms with E-state index in [0.717, 1.165) is 12.0 Å². The Hall–Kier alpha value is -0.830. The molecule has 0 spiro atoms. The molecule has 26 heavy (non-hydrogen) atoms. The maximum Gasteiger partial charge on any atom is 0.186 e. The average molecular weight is 372 g/mol. The van der Waals surface area contributed by atoms with Crippen molar-refractivity contribution in [2.45, 2.75) is 83.8 Å². The molecule has 0 bridgehead atoms. The molecule has 0 aromatic heterocycles. The maximum atomic E-state index is 11.8. The van der Waals surface area contributed by atoms with Crippen molar-refractivity contribution >= 4 is 5.78 Å². The van der Waals surface area contributed by atoms with Crippen molar-refractivity contribution in [2.24, 2.45) is 11.3 Å². The smallest absolute Gasteiger partial charge is 0.186 e. The van der Waals surface area contributed by atoms with Crippen molar-refractivity contribution < 1.29 is 34.7 Å². The number of carbonyl (C=O) groups excluding carboxylic acids is 1. The Bertz CT molecular complexity index is 528. The fourth-order valence-electron chi connectivity index (χ4n) is 4.09. The first-order chi connectivity index (χ1) is 12.1. The molecule has 7 heteroatoms. The summed E-state index contributed by atoms with van der Waals surface area (Å²) in [6.07, 6.45) is -2.82. The number of hydrogen-bond donors (Lipinski definition) is 4. The van der Waals surface area contributed by atoms with E-state index in [1.54, 1.807) is 6.08 Å². The van der Waals surface area contributed by atoms with Gasteiger partial charge in [-0.2, -0.15) is 0 Å². The molecule has 0 saturated carbocycles. The fraction of sp³-hybridized carbons (Fsp3) is 0.842. The molecule has 1 aliphatic carbocycles. The van der Waals surface area contributed by atoms with E-state index in [2.05, 4.69) is 13.8 Å². The summed E-state index contributed by atoms with van der Waals surface area (Å²) in [6, 6.07) is 0. The molecule has 2 aliphatic rings. The zero-order valence-corrected chi connectivity index (χ0v) is 16.0. The van der Waals surface area contributed by atoms with Gasteiger partial charge in [-0.3, -0.25) is 4.79 Å². The van der Waals surface area contributed by atoms with E-state index in [1.807, 2.05) is 13.8 Å². The number of aliphatic hydroxyl groups excluding tert-OH is 4. The van der Waals surface area contributed by atoms with Gasteiger partial charge in [-0.25, -0.2) is 0 Å². The number of hydrogen-bond acceptors (Lipinski definition) is 7. The molecule has 1 fully saturated rings. The maximum absolute atomic E-state index is 11.8. The van der Waals surface area contributed by atoms with Gasteiger partial charge in [0, 0.05) is 6.42 Å². The largest absolute Gasteiger partial charge is 0.394 e. The minimum absolute atomic E-state index is 0.112. The minimum Gasteiger partial charge on any atom is -0.394 e. The standard InChI is InChI=1S/C19H32O7/c1-10-7-12(21)8-19(3,4)13(10)6-5-11(2)25-18-17(24)16(23)15(22)14(9-20)26-18/h7,11,13-18,20,22-24H,5-6,8-9H2,1-4H3/t11?,13?,14-,15-,16+,17-,18?/m1/s1. The topological polar surface area (TPSA) is 116 Å². The second-order valence-corrected chi connectivity index (χ2v) is 8.29. The number of ether oxygens (including phenoxy) is 2. The van der Waals surface area contributed by atoms with Crippen LogP contribution in [0.4, 0.5) is 0 Å². The van der Waals surface area contributed by atoms with Gasteiger partial charge in [-0.15, -0.1) is 0 Å². The van der Waals surface area contributed by atoms with Crippen molar-refractivity contribution in [1.29, 1.82) is 0 Å². The predicted molar refractivity (Wildman–Crippen MR) is 94.2 cm³/mol. The van der Waals surface area contributed by atoms with E-state index < -0.39 is 37.3 Å². The van der Waals surface area contributed by atoms with Crippen molar-refractivity contribution in [1.82, 2.24) is 0 Å². The second-order valence-electron chi connectivity index (χ2n) is 8.29. The summed E-state index contributed by atoms with van der Waals surface area (Å²) in [4.78, 5) is 11.8. The van der Waals surface area contributed by atoms with Crippen LogP contribution in [0.3, 0.4) is 0 Å². The third kappa shape index (κ3) is 4.71. The first-order valence-corrected chi connectivity index (χ1v) is 9.23. The minimum atomic E-state index is -1.44. The highest BCUT2D eigenvalue weighted by Crippen LogP contribution is 2.42. The molecule has 3 unspecified atom stereocenters. The van der Waals surface area contributed by atoms with Gasteiger partial charge in [0.1, 0.15) is 24.4 Å². The predicted octanol–water partition coefficient (Wildman–Crippen LogP) is 0.533. The average Bonchev–Trinajstić information content (AvgIpc) is 2.53. The van der Waals surface area contributed by atoms with Crippen LogP contribution in [-0.2, 0) is 14.3 Å². The Morgan fingerprint density at radius 3 is 2.50 bits per heavy atom.